The predicted molar refractivity (Wildman–Crippen MR) is 290 cm³/mol. The van der Waals surface area contributed by atoms with Gasteiger partial charge < -0.3 is 28.3 Å². The van der Waals surface area contributed by atoms with E-state index in [2.05, 4.69) is 237 Å². The van der Waals surface area contributed by atoms with Crippen LogP contribution in [0.4, 0.5) is 22.7 Å². The molecular weight excluding hydrogens is 849 g/mol. The van der Waals surface area contributed by atoms with Gasteiger partial charge in [-0.05, 0) is 104 Å². The van der Waals surface area contributed by atoms with Crippen molar-refractivity contribution in [1.29, 1.82) is 0 Å². The van der Waals surface area contributed by atoms with Crippen LogP contribution in [0.5, 0.6) is 11.5 Å². The molecule has 2 aliphatic heterocycles. The van der Waals surface area contributed by atoms with Crippen molar-refractivity contribution in [2.24, 2.45) is 0 Å². The average molecular weight is 913 g/mol. The van der Waals surface area contributed by atoms with Crippen LogP contribution in [0.25, 0.3) is 38.8 Å². The molecule has 1 fully saturated rings. The van der Waals surface area contributed by atoms with Crippen molar-refractivity contribution < 1.29 is 18.5 Å². The quantitative estimate of drug-likeness (QED) is 0.148. The standard InChI is InChI=1S/C58H63B3N4O4/c1-55(2,3)41-32-33-62-53(35-41)65-49-31-28-40(39-20-14-13-15-21-39)34-46(49)45-30-29-44(37-52(45)65)66-43-23-18-22-42(36-43)63-38-64(51-27-17-16-26-50(51)63)54-47(56(4,5)6)24-19-25-48(54)59-67-60(57(7,8)9)69-61(68-59)58(10,11)12/h13-37H,38H2,1-12H3. The maximum atomic E-state index is 6.86. The number of ether oxygens (including phenoxy) is 1. The van der Waals surface area contributed by atoms with Crippen LogP contribution >= 0.6 is 0 Å². The van der Waals surface area contributed by atoms with Crippen molar-refractivity contribution in [3.63, 3.8) is 0 Å². The largest absolute Gasteiger partial charge is 0.468 e. The maximum absolute atomic E-state index is 6.86. The Bertz CT molecular complexity index is 3180. The van der Waals surface area contributed by atoms with Crippen LogP contribution in [0.2, 0.25) is 10.6 Å². The summed E-state index contributed by atoms with van der Waals surface area (Å²) in [6.07, 6.45) is 1.93. The second kappa shape index (κ2) is 17.3. The molecule has 8 aromatic rings. The van der Waals surface area contributed by atoms with Crippen LogP contribution in [-0.4, -0.2) is 37.6 Å². The number of aromatic nitrogens is 2. The number of benzene rings is 6. The number of anilines is 4. The minimum Gasteiger partial charge on any atom is -0.457 e. The first-order valence-corrected chi connectivity index (χ1v) is 24.3. The van der Waals surface area contributed by atoms with Crippen LogP contribution in [0.1, 0.15) is 94.2 Å². The van der Waals surface area contributed by atoms with E-state index < -0.39 is 21.4 Å². The highest BCUT2D eigenvalue weighted by atomic mass is 16.7. The molecule has 348 valence electrons. The van der Waals surface area contributed by atoms with Gasteiger partial charge in [-0.15, -0.1) is 0 Å². The van der Waals surface area contributed by atoms with Crippen LogP contribution in [0.3, 0.4) is 0 Å². The van der Waals surface area contributed by atoms with Crippen molar-refractivity contribution in [3.8, 4) is 28.4 Å². The SMILES string of the molecule is CC(C)(C)B1OB(c2cccc(C(C)(C)C)c2N2CN(c3cccc(Oc4ccc5c6cc(-c7ccccc7)ccc6n(-c6cc(C(C)(C)C)ccn6)c5c4)c3)c3ccccc32)OB(C(C)(C)C)O1. The molecule has 10 rings (SSSR count). The van der Waals surface area contributed by atoms with E-state index in [4.69, 9.17) is 23.4 Å². The molecule has 0 saturated carbocycles. The van der Waals surface area contributed by atoms with Crippen LogP contribution in [-0.2, 0) is 24.5 Å². The molecule has 69 heavy (non-hydrogen) atoms. The van der Waals surface area contributed by atoms with Gasteiger partial charge in [0.25, 0.3) is 0 Å². The molecule has 0 unspecified atom stereocenters. The van der Waals surface area contributed by atoms with Gasteiger partial charge in [0.1, 0.15) is 24.0 Å². The summed E-state index contributed by atoms with van der Waals surface area (Å²) in [5, 5.41) is 1.75. The van der Waals surface area contributed by atoms with E-state index in [0.29, 0.717) is 6.67 Å². The molecule has 11 heteroatoms. The maximum Gasteiger partial charge on any atom is 0.468 e. The second-order valence-corrected chi connectivity index (χ2v) is 23.0. The number of pyridine rings is 1. The molecule has 4 heterocycles. The third kappa shape index (κ3) is 8.97. The lowest BCUT2D eigenvalue weighted by Gasteiger charge is -2.42. The van der Waals surface area contributed by atoms with Crippen molar-refractivity contribution in [1.82, 2.24) is 9.55 Å². The molecule has 2 aromatic heterocycles. The van der Waals surface area contributed by atoms with Crippen LogP contribution in [0.15, 0.2) is 152 Å². The minimum atomic E-state index is -0.650. The topological polar surface area (TPSA) is 61.2 Å². The molecule has 8 nitrogen and oxygen atoms in total. The summed E-state index contributed by atoms with van der Waals surface area (Å²) in [6, 6.07) is 51.7. The summed E-state index contributed by atoms with van der Waals surface area (Å²) in [5.74, 6) is 2.36. The fraction of sp³-hybridized carbons (Fsp3) is 0.293. The second-order valence-electron chi connectivity index (χ2n) is 23.0. The molecule has 0 atom stereocenters. The normalized spacial score (nSPS) is 14.9. The highest BCUT2D eigenvalue weighted by molar-refractivity contribution is 6.81. The molecule has 1 saturated heterocycles. The smallest absolute Gasteiger partial charge is 0.457 e. The Morgan fingerprint density at radius 1 is 0.522 bits per heavy atom. The van der Waals surface area contributed by atoms with Gasteiger partial charge in [-0.25, -0.2) is 4.98 Å². The van der Waals surface area contributed by atoms with E-state index in [0.717, 1.165) is 67.3 Å². The van der Waals surface area contributed by atoms with Gasteiger partial charge in [0.05, 0.1) is 22.4 Å². The van der Waals surface area contributed by atoms with Gasteiger partial charge in [-0.1, -0.05) is 156 Å². The molecule has 0 radical (unpaired) electrons. The van der Waals surface area contributed by atoms with Crippen molar-refractivity contribution in [2.45, 2.75) is 105 Å². The van der Waals surface area contributed by atoms with Gasteiger partial charge in [0.15, 0.2) is 0 Å². The van der Waals surface area contributed by atoms with E-state index in [9.17, 15) is 0 Å². The Morgan fingerprint density at radius 2 is 1.19 bits per heavy atom. The zero-order chi connectivity index (χ0) is 48.6. The lowest BCUT2D eigenvalue weighted by Crippen LogP contribution is -2.59. The molecule has 0 bridgehead atoms. The first-order chi connectivity index (χ1) is 32.7. The number of hydrogen-bond donors (Lipinski definition) is 0. The summed E-state index contributed by atoms with van der Waals surface area (Å²) in [6.45, 7) is 27.0. The predicted octanol–water partition coefficient (Wildman–Crippen LogP) is 14.8. The first-order valence-electron chi connectivity index (χ1n) is 24.3. The summed E-state index contributed by atoms with van der Waals surface area (Å²) in [7, 11) is -1.59. The lowest BCUT2D eigenvalue weighted by atomic mass is 9.50. The molecule has 2 aliphatic rings. The lowest BCUT2D eigenvalue weighted by molar-refractivity contribution is 0.250. The van der Waals surface area contributed by atoms with E-state index in [1.807, 2.05) is 12.3 Å². The number of para-hydroxylation sites is 3. The average Bonchev–Trinajstić information content (AvgIpc) is 3.86. The summed E-state index contributed by atoms with van der Waals surface area (Å²) in [4.78, 5) is 9.76. The van der Waals surface area contributed by atoms with E-state index >= 15 is 0 Å². The van der Waals surface area contributed by atoms with Crippen LogP contribution < -0.4 is 20.0 Å². The van der Waals surface area contributed by atoms with Crippen LogP contribution in [0, 0.1) is 0 Å². The Hall–Kier alpha value is -6.26. The van der Waals surface area contributed by atoms with E-state index in [1.165, 1.54) is 22.3 Å². The minimum absolute atomic E-state index is 0.0412. The zero-order valence-electron chi connectivity index (χ0n) is 42.3. The van der Waals surface area contributed by atoms with Gasteiger partial charge >= 0.3 is 21.4 Å². The Balaban J connectivity index is 1.03. The van der Waals surface area contributed by atoms with E-state index in [1.54, 1.807) is 0 Å². The summed E-state index contributed by atoms with van der Waals surface area (Å²) in [5.41, 5.74) is 12.0. The number of hydrogen-bond acceptors (Lipinski definition) is 7. The zero-order valence-corrected chi connectivity index (χ0v) is 42.3. The van der Waals surface area contributed by atoms with Gasteiger partial charge in [0, 0.05) is 45.9 Å². The molecular formula is C58H63B3N4O4. The van der Waals surface area contributed by atoms with Gasteiger partial charge in [-0.2, -0.15) is 0 Å². The Kier molecular flexibility index (Phi) is 11.7. The van der Waals surface area contributed by atoms with E-state index in [-0.39, 0.29) is 21.5 Å². The Labute approximate surface area is 410 Å². The molecule has 0 spiro atoms. The number of fused-ring (bicyclic) bond motifs is 4. The number of nitrogens with zero attached hydrogens (tertiary/aromatic N) is 4. The number of rotatable bonds is 7. The Morgan fingerprint density at radius 3 is 1.87 bits per heavy atom. The summed E-state index contributed by atoms with van der Waals surface area (Å²) < 4.78 is 29.3. The third-order valence-corrected chi connectivity index (χ3v) is 13.4. The summed E-state index contributed by atoms with van der Waals surface area (Å²) >= 11 is 0. The van der Waals surface area contributed by atoms with Crippen molar-refractivity contribution >= 4 is 71.4 Å². The molecule has 0 N–H and O–H groups in total. The fourth-order valence-corrected chi connectivity index (χ4v) is 9.66. The first kappa shape index (κ1) is 46.5. The third-order valence-electron chi connectivity index (χ3n) is 13.4. The monoisotopic (exact) mass is 913 g/mol. The molecule has 0 aliphatic carbocycles. The highest BCUT2D eigenvalue weighted by Gasteiger charge is 2.52. The van der Waals surface area contributed by atoms with Gasteiger partial charge in [0.2, 0.25) is 0 Å². The van der Waals surface area contributed by atoms with Crippen molar-refractivity contribution in [3.05, 3.63) is 163 Å². The highest BCUT2D eigenvalue weighted by Crippen LogP contribution is 2.48. The fourth-order valence-electron chi connectivity index (χ4n) is 9.66. The molecule has 0 amide bonds. The van der Waals surface area contributed by atoms with Gasteiger partial charge in [-0.3, -0.25) is 4.57 Å². The molecule has 6 aromatic carbocycles. The van der Waals surface area contributed by atoms with Crippen molar-refractivity contribution in [2.75, 3.05) is 16.5 Å².